The van der Waals surface area contributed by atoms with Gasteiger partial charge in [0.1, 0.15) is 5.75 Å². The molecule has 0 fully saturated rings. The maximum absolute atomic E-state index is 13.5. The number of hydrogen-bond acceptors (Lipinski definition) is 5. The van der Waals surface area contributed by atoms with Gasteiger partial charge in [-0.25, -0.2) is 19.1 Å². The number of hydrogen-bond donors (Lipinski definition) is 1. The monoisotopic (exact) mass is 480 g/mol. The molecular formula is C26H32N4O5. The molecule has 2 aromatic carbocycles. The molecule has 0 spiro atoms. The molecule has 1 heterocycles. The Morgan fingerprint density at radius 2 is 1.66 bits per heavy atom. The van der Waals surface area contributed by atoms with Gasteiger partial charge in [0, 0.05) is 7.05 Å². The van der Waals surface area contributed by atoms with Gasteiger partial charge in [0.05, 0.1) is 30.8 Å². The van der Waals surface area contributed by atoms with E-state index < -0.39 is 23.4 Å². The van der Waals surface area contributed by atoms with Crippen molar-refractivity contribution in [3.8, 4) is 5.75 Å². The van der Waals surface area contributed by atoms with E-state index in [9.17, 15) is 19.5 Å². The second kappa shape index (κ2) is 11.0. The second-order valence-corrected chi connectivity index (χ2v) is 8.76. The number of nitrogens with zero attached hydrogens (tertiary/aromatic N) is 4. The number of carboxylic acid groups (broad SMARTS) is 1. The van der Waals surface area contributed by atoms with E-state index in [1.54, 1.807) is 31.2 Å². The number of benzene rings is 2. The second-order valence-electron chi connectivity index (χ2n) is 8.76. The number of aliphatic carboxylic acids is 1. The minimum Gasteiger partial charge on any atom is -0.491 e. The van der Waals surface area contributed by atoms with Gasteiger partial charge in [0.2, 0.25) is 5.62 Å². The van der Waals surface area contributed by atoms with Gasteiger partial charge >= 0.3 is 17.3 Å². The summed E-state index contributed by atoms with van der Waals surface area (Å²) < 4.78 is 9.46. The molecule has 0 aliphatic heterocycles. The van der Waals surface area contributed by atoms with E-state index in [0.29, 0.717) is 11.4 Å². The van der Waals surface area contributed by atoms with E-state index in [-0.39, 0.29) is 24.7 Å². The van der Waals surface area contributed by atoms with E-state index in [4.69, 9.17) is 4.74 Å². The Hall–Kier alpha value is -3.88. The highest BCUT2D eigenvalue weighted by atomic mass is 16.5. The third-order valence-corrected chi connectivity index (χ3v) is 5.82. The van der Waals surface area contributed by atoms with Gasteiger partial charge in [-0.2, -0.15) is 0 Å². The summed E-state index contributed by atoms with van der Waals surface area (Å²) in [6, 6.07) is 14.0. The van der Waals surface area contributed by atoms with Crippen molar-refractivity contribution in [2.24, 2.45) is 12.0 Å². The maximum Gasteiger partial charge on any atom is 0.335 e. The van der Waals surface area contributed by atoms with Crippen molar-refractivity contribution in [3.05, 3.63) is 86.2 Å². The molecule has 186 valence electrons. The third kappa shape index (κ3) is 6.17. The maximum atomic E-state index is 13.5. The smallest absolute Gasteiger partial charge is 0.335 e. The number of rotatable bonds is 9. The van der Waals surface area contributed by atoms with E-state index >= 15 is 0 Å². The number of ether oxygens (including phenoxy) is 1. The fraction of sp³-hybridized carbons (Fsp3) is 0.385. The molecule has 1 aromatic heterocycles. The van der Waals surface area contributed by atoms with E-state index in [1.165, 1.54) is 16.2 Å². The number of aromatic nitrogens is 3. The lowest BCUT2D eigenvalue weighted by Crippen LogP contribution is -2.55. The summed E-state index contributed by atoms with van der Waals surface area (Å²) in [6.45, 7) is 7.71. The molecule has 1 N–H and O–H groups in total. The van der Waals surface area contributed by atoms with Crippen molar-refractivity contribution in [3.63, 3.8) is 0 Å². The minimum atomic E-state index is -1.09. The van der Waals surface area contributed by atoms with Gasteiger partial charge in [0.15, 0.2) is 0 Å². The molecule has 0 unspecified atom stereocenters. The summed E-state index contributed by atoms with van der Waals surface area (Å²) >= 11 is 0. The molecule has 35 heavy (non-hydrogen) atoms. The van der Waals surface area contributed by atoms with Crippen LogP contribution in [-0.2, 0) is 18.4 Å². The molecule has 9 heteroatoms. The van der Waals surface area contributed by atoms with Crippen molar-refractivity contribution in [2.75, 3.05) is 0 Å². The van der Waals surface area contributed by atoms with Crippen LogP contribution in [0.3, 0.4) is 0 Å². The van der Waals surface area contributed by atoms with Crippen LogP contribution in [0.15, 0.2) is 63.1 Å². The Kier molecular flexibility index (Phi) is 8.11. The highest BCUT2D eigenvalue weighted by Gasteiger charge is 2.19. The van der Waals surface area contributed by atoms with E-state index in [1.807, 2.05) is 45.0 Å². The molecular weight excluding hydrogens is 448 g/mol. The Morgan fingerprint density at radius 1 is 1.03 bits per heavy atom. The zero-order chi connectivity index (χ0) is 25.7. The van der Waals surface area contributed by atoms with Crippen LogP contribution in [0.1, 0.15) is 50.8 Å². The molecule has 3 rings (SSSR count). The van der Waals surface area contributed by atoms with Crippen molar-refractivity contribution in [1.82, 2.24) is 13.7 Å². The lowest BCUT2D eigenvalue weighted by molar-refractivity contribution is -0.137. The first-order valence-electron chi connectivity index (χ1n) is 11.6. The molecule has 0 aliphatic carbocycles. The fourth-order valence-electron chi connectivity index (χ4n) is 3.63. The molecule has 9 nitrogen and oxygen atoms in total. The molecule has 0 amide bonds. The van der Waals surface area contributed by atoms with Gasteiger partial charge in [-0.1, -0.05) is 36.8 Å². The SMILES string of the molecule is CC[C@@H](C)Oc1ccc(N=c2n(C)c(=O)n([C@H](C)CC(=O)O)c(=O)n2Cc2ccc(C)cc2)cc1. The Bertz CT molecular complexity index is 1370. The van der Waals surface area contributed by atoms with Gasteiger partial charge < -0.3 is 9.84 Å². The quantitative estimate of drug-likeness (QED) is 0.506. The van der Waals surface area contributed by atoms with Crippen LogP contribution in [0.2, 0.25) is 0 Å². The predicted molar refractivity (Wildman–Crippen MR) is 133 cm³/mol. The summed E-state index contributed by atoms with van der Waals surface area (Å²) in [5.74, 6) is -0.386. The Morgan fingerprint density at radius 3 is 2.23 bits per heavy atom. The average Bonchev–Trinajstić information content (AvgIpc) is 2.81. The van der Waals surface area contributed by atoms with E-state index in [2.05, 4.69) is 4.99 Å². The van der Waals surface area contributed by atoms with Gasteiger partial charge in [0.25, 0.3) is 0 Å². The molecule has 0 aliphatic rings. The van der Waals surface area contributed by atoms with Crippen LogP contribution in [-0.4, -0.2) is 30.9 Å². The van der Waals surface area contributed by atoms with Crippen LogP contribution in [0.25, 0.3) is 0 Å². The molecule has 3 aromatic rings. The molecule has 2 atom stereocenters. The van der Waals surface area contributed by atoms with Crippen molar-refractivity contribution in [1.29, 1.82) is 0 Å². The summed E-state index contributed by atoms with van der Waals surface area (Å²) in [5, 5.41) is 9.21. The Labute approximate surface area is 203 Å². The van der Waals surface area contributed by atoms with Crippen LogP contribution < -0.4 is 21.7 Å². The lowest BCUT2D eigenvalue weighted by atomic mass is 10.1. The predicted octanol–water partition coefficient (Wildman–Crippen LogP) is 3.15. The van der Waals surface area contributed by atoms with Crippen molar-refractivity contribution in [2.45, 2.75) is 59.2 Å². The molecule has 0 saturated carbocycles. The first-order valence-corrected chi connectivity index (χ1v) is 11.6. The summed E-state index contributed by atoms with van der Waals surface area (Å²) in [6.07, 6.45) is 0.605. The van der Waals surface area contributed by atoms with Crippen LogP contribution >= 0.6 is 0 Å². The van der Waals surface area contributed by atoms with Crippen LogP contribution in [0, 0.1) is 6.92 Å². The highest BCUT2D eigenvalue weighted by Crippen LogP contribution is 2.19. The van der Waals surface area contributed by atoms with Gasteiger partial charge in [-0.05, 0) is 57.0 Å². The van der Waals surface area contributed by atoms with Gasteiger partial charge in [-0.3, -0.25) is 13.9 Å². The average molecular weight is 481 g/mol. The number of aryl methyl sites for hydroxylation is 1. The Balaban J connectivity index is 2.18. The fourth-order valence-corrected chi connectivity index (χ4v) is 3.63. The molecule has 0 radical (unpaired) electrons. The topological polar surface area (TPSA) is 108 Å². The van der Waals surface area contributed by atoms with Crippen LogP contribution in [0.4, 0.5) is 5.69 Å². The zero-order valence-electron chi connectivity index (χ0n) is 20.8. The standard InChI is InChI=1S/C26H32N4O5/c1-6-19(4)35-22-13-11-21(12-14-22)27-24-28(5)25(33)30(18(3)15-23(31)32)26(34)29(24)16-20-9-7-17(2)8-10-20/h7-14,18-19H,6,15-16H2,1-5H3,(H,31,32)/t18-,19-/m1/s1. The normalized spacial score (nSPS) is 13.5. The van der Waals surface area contributed by atoms with Crippen molar-refractivity contribution < 1.29 is 14.6 Å². The van der Waals surface area contributed by atoms with E-state index in [0.717, 1.165) is 22.1 Å². The first kappa shape index (κ1) is 25.7. The summed E-state index contributed by atoms with van der Waals surface area (Å²) in [4.78, 5) is 42.5. The molecule has 0 bridgehead atoms. The zero-order valence-corrected chi connectivity index (χ0v) is 20.8. The number of carboxylic acids is 1. The van der Waals surface area contributed by atoms with Gasteiger partial charge in [-0.15, -0.1) is 0 Å². The number of carbonyl (C=O) groups is 1. The van der Waals surface area contributed by atoms with Crippen molar-refractivity contribution >= 4 is 11.7 Å². The first-order chi connectivity index (χ1) is 16.6. The minimum absolute atomic E-state index is 0.0793. The summed E-state index contributed by atoms with van der Waals surface area (Å²) in [7, 11) is 1.52. The largest absolute Gasteiger partial charge is 0.491 e. The molecule has 0 saturated heterocycles. The lowest BCUT2D eigenvalue weighted by Gasteiger charge is -2.18. The highest BCUT2D eigenvalue weighted by molar-refractivity contribution is 5.67. The summed E-state index contributed by atoms with van der Waals surface area (Å²) in [5.41, 5.74) is 1.40. The van der Waals surface area contributed by atoms with Crippen LogP contribution in [0.5, 0.6) is 5.75 Å². The third-order valence-electron chi connectivity index (χ3n) is 5.82.